The molecule has 0 aromatic carbocycles. The van der Waals surface area contributed by atoms with Gasteiger partial charge in [-0.3, -0.25) is 0 Å². The van der Waals surface area contributed by atoms with Crippen LogP contribution in [0.25, 0.3) is 0 Å². The number of anilines is 2. The number of nitrogen functional groups attached to an aromatic ring is 1. The van der Waals surface area contributed by atoms with E-state index in [0.29, 0.717) is 17.8 Å². The van der Waals surface area contributed by atoms with Crippen LogP contribution < -0.4 is 11.1 Å². The van der Waals surface area contributed by atoms with E-state index in [2.05, 4.69) is 27.2 Å². The molecular weight excluding hydrogens is 214 g/mol. The fraction of sp³-hybridized carbons (Fsp3) is 0.750. The summed E-state index contributed by atoms with van der Waals surface area (Å²) in [4.78, 5) is 12.9. The van der Waals surface area contributed by atoms with Crippen LogP contribution in [0.2, 0.25) is 0 Å². The van der Waals surface area contributed by atoms with Crippen molar-refractivity contribution in [2.24, 2.45) is 0 Å². The first-order valence-corrected chi connectivity index (χ1v) is 6.44. The van der Waals surface area contributed by atoms with E-state index in [1.807, 2.05) is 0 Å². The summed E-state index contributed by atoms with van der Waals surface area (Å²) in [6.45, 7) is 2.23. The van der Waals surface area contributed by atoms with Gasteiger partial charge in [0.15, 0.2) is 0 Å². The van der Waals surface area contributed by atoms with Crippen LogP contribution in [0.5, 0.6) is 0 Å². The molecule has 0 amide bonds. The normalized spacial score (nSPS) is 22.6. The smallest absolute Gasteiger partial charge is 0.228 e. The van der Waals surface area contributed by atoms with Gasteiger partial charge in [-0.25, -0.2) is 0 Å². The second-order valence-corrected chi connectivity index (χ2v) is 5.54. The average Bonchev–Trinajstić information content (AvgIpc) is 3.02. The molecule has 0 radical (unpaired) electrons. The molecule has 3 N–H and O–H groups in total. The fourth-order valence-electron chi connectivity index (χ4n) is 2.54. The first-order chi connectivity index (χ1) is 8.15. The number of nitrogens with zero attached hydrogens (tertiary/aromatic N) is 3. The molecule has 1 aromatic rings. The van der Waals surface area contributed by atoms with Crippen LogP contribution in [0.4, 0.5) is 11.9 Å². The fourth-order valence-corrected chi connectivity index (χ4v) is 2.54. The first-order valence-electron chi connectivity index (χ1n) is 6.44. The third-order valence-electron chi connectivity index (χ3n) is 3.73. The zero-order valence-corrected chi connectivity index (χ0v) is 10.2. The first kappa shape index (κ1) is 10.7. The summed E-state index contributed by atoms with van der Waals surface area (Å²) in [5.41, 5.74) is 5.87. The van der Waals surface area contributed by atoms with E-state index >= 15 is 0 Å². The number of nitrogens with one attached hydrogen (secondary N) is 1. The highest BCUT2D eigenvalue weighted by Crippen LogP contribution is 2.38. The summed E-state index contributed by atoms with van der Waals surface area (Å²) in [6.07, 6.45) is 7.27. The van der Waals surface area contributed by atoms with Crippen molar-refractivity contribution < 1.29 is 0 Å². The second kappa shape index (κ2) is 3.82. The van der Waals surface area contributed by atoms with Gasteiger partial charge in [0.05, 0.1) is 0 Å². The topological polar surface area (TPSA) is 76.7 Å². The third-order valence-corrected chi connectivity index (χ3v) is 3.73. The van der Waals surface area contributed by atoms with Gasteiger partial charge in [0.25, 0.3) is 0 Å². The highest BCUT2D eigenvalue weighted by Gasteiger charge is 2.31. The maximum Gasteiger partial charge on any atom is 0.228 e. The summed E-state index contributed by atoms with van der Waals surface area (Å²) < 4.78 is 0. The lowest BCUT2D eigenvalue weighted by Crippen LogP contribution is -2.32. The molecule has 0 saturated heterocycles. The largest absolute Gasteiger partial charge is 0.368 e. The monoisotopic (exact) mass is 233 g/mol. The zero-order valence-electron chi connectivity index (χ0n) is 10.2. The highest BCUT2D eigenvalue weighted by atomic mass is 15.2. The highest BCUT2D eigenvalue weighted by molar-refractivity contribution is 5.35. The molecule has 1 aromatic heterocycles. The molecule has 0 unspecified atom stereocenters. The quantitative estimate of drug-likeness (QED) is 0.835. The van der Waals surface area contributed by atoms with Crippen molar-refractivity contribution >= 4 is 11.9 Å². The van der Waals surface area contributed by atoms with Gasteiger partial charge in [-0.15, -0.1) is 0 Å². The lowest BCUT2D eigenvalue weighted by molar-refractivity contribution is 0.527. The van der Waals surface area contributed by atoms with E-state index in [1.54, 1.807) is 0 Å². The molecule has 2 saturated carbocycles. The Balaban J connectivity index is 1.81. The number of nitrogens with two attached hydrogens (primary N) is 1. The average molecular weight is 233 g/mol. The van der Waals surface area contributed by atoms with Crippen LogP contribution >= 0.6 is 0 Å². The minimum atomic E-state index is 0.134. The van der Waals surface area contributed by atoms with Crippen molar-refractivity contribution in [1.29, 1.82) is 0 Å². The molecule has 17 heavy (non-hydrogen) atoms. The maximum absolute atomic E-state index is 5.74. The molecule has 1 heterocycles. The van der Waals surface area contributed by atoms with Crippen molar-refractivity contribution in [2.75, 3.05) is 11.1 Å². The van der Waals surface area contributed by atoms with Gasteiger partial charge in [-0.05, 0) is 32.6 Å². The van der Waals surface area contributed by atoms with Crippen LogP contribution in [0.15, 0.2) is 0 Å². The Hall–Kier alpha value is -1.39. The zero-order chi connectivity index (χ0) is 11.9. The van der Waals surface area contributed by atoms with Gasteiger partial charge in [0.1, 0.15) is 5.82 Å². The Kier molecular flexibility index (Phi) is 2.42. The van der Waals surface area contributed by atoms with Crippen LogP contribution in [0.1, 0.15) is 57.2 Å². The molecule has 0 spiro atoms. The van der Waals surface area contributed by atoms with Crippen molar-refractivity contribution in [3.05, 3.63) is 5.82 Å². The Labute approximate surface area is 101 Å². The van der Waals surface area contributed by atoms with E-state index in [1.165, 1.54) is 38.5 Å². The van der Waals surface area contributed by atoms with E-state index < -0.39 is 0 Å². The summed E-state index contributed by atoms with van der Waals surface area (Å²) in [5.74, 6) is 2.37. The van der Waals surface area contributed by atoms with Gasteiger partial charge in [-0.2, -0.15) is 15.0 Å². The second-order valence-electron chi connectivity index (χ2n) is 5.54. The summed E-state index contributed by atoms with van der Waals surface area (Å²) in [5, 5.41) is 3.44. The molecule has 0 atom stereocenters. The predicted octanol–water partition coefficient (Wildman–Crippen LogP) is 2.08. The molecule has 3 rings (SSSR count). The molecule has 0 bridgehead atoms. The molecule has 92 valence electrons. The summed E-state index contributed by atoms with van der Waals surface area (Å²) in [7, 11) is 0. The van der Waals surface area contributed by atoms with Gasteiger partial charge < -0.3 is 11.1 Å². The molecular formula is C12H19N5. The Morgan fingerprint density at radius 3 is 2.53 bits per heavy atom. The Morgan fingerprint density at radius 1 is 1.18 bits per heavy atom. The van der Waals surface area contributed by atoms with Gasteiger partial charge >= 0.3 is 0 Å². The number of hydrogen-bond acceptors (Lipinski definition) is 5. The predicted molar refractivity (Wildman–Crippen MR) is 66.7 cm³/mol. The summed E-state index contributed by atoms with van der Waals surface area (Å²) >= 11 is 0. The molecule has 0 aliphatic heterocycles. The van der Waals surface area contributed by atoms with Gasteiger partial charge in [0, 0.05) is 11.5 Å². The van der Waals surface area contributed by atoms with Gasteiger partial charge in [0.2, 0.25) is 11.9 Å². The Morgan fingerprint density at radius 2 is 1.88 bits per heavy atom. The van der Waals surface area contributed by atoms with Crippen LogP contribution in [-0.4, -0.2) is 20.5 Å². The molecule has 2 fully saturated rings. The lowest BCUT2D eigenvalue weighted by Gasteiger charge is -2.25. The van der Waals surface area contributed by atoms with E-state index in [-0.39, 0.29) is 5.54 Å². The minimum absolute atomic E-state index is 0.134. The summed E-state index contributed by atoms with van der Waals surface area (Å²) in [6, 6.07) is 0. The van der Waals surface area contributed by atoms with Crippen LogP contribution in [0.3, 0.4) is 0 Å². The standard InChI is InChI=1S/C12H19N5/c1-12(6-2-3-7-12)17-11-15-9(8-4-5-8)14-10(13)16-11/h8H,2-7H2,1H3,(H3,13,14,15,16,17). The van der Waals surface area contributed by atoms with Crippen molar-refractivity contribution in [3.8, 4) is 0 Å². The minimum Gasteiger partial charge on any atom is -0.368 e. The number of aromatic nitrogens is 3. The molecule has 2 aliphatic carbocycles. The van der Waals surface area contributed by atoms with E-state index in [0.717, 1.165) is 5.82 Å². The van der Waals surface area contributed by atoms with Crippen molar-refractivity contribution in [1.82, 2.24) is 15.0 Å². The SMILES string of the molecule is CC1(Nc2nc(N)nc(C3CC3)n2)CCCC1. The lowest BCUT2D eigenvalue weighted by atomic mass is 10.0. The van der Waals surface area contributed by atoms with Gasteiger partial charge in [-0.1, -0.05) is 12.8 Å². The third kappa shape index (κ3) is 2.33. The Bertz CT molecular complexity index is 421. The van der Waals surface area contributed by atoms with Crippen LogP contribution in [0, 0.1) is 0 Å². The van der Waals surface area contributed by atoms with Crippen molar-refractivity contribution in [2.45, 2.75) is 56.9 Å². The molecule has 2 aliphatic rings. The molecule has 5 nitrogen and oxygen atoms in total. The maximum atomic E-state index is 5.74. The van der Waals surface area contributed by atoms with Crippen LogP contribution in [-0.2, 0) is 0 Å². The number of hydrogen-bond donors (Lipinski definition) is 2. The van der Waals surface area contributed by atoms with E-state index in [4.69, 9.17) is 5.73 Å². The van der Waals surface area contributed by atoms with E-state index in [9.17, 15) is 0 Å². The van der Waals surface area contributed by atoms with Crippen molar-refractivity contribution in [3.63, 3.8) is 0 Å². The number of rotatable bonds is 3. The molecule has 5 heteroatoms.